The third kappa shape index (κ3) is 5.17. The van der Waals surface area contributed by atoms with Gasteiger partial charge in [-0.05, 0) is 34.5 Å². The van der Waals surface area contributed by atoms with Gasteiger partial charge in [-0.25, -0.2) is 4.39 Å². The Morgan fingerprint density at radius 2 is 2.29 bits per heavy atom. The van der Waals surface area contributed by atoms with Crippen LogP contribution in [0.1, 0.15) is 18.1 Å². The maximum absolute atomic E-state index is 12.9. The van der Waals surface area contributed by atoms with Crippen LogP contribution in [0.2, 0.25) is 0 Å². The summed E-state index contributed by atoms with van der Waals surface area (Å²) in [7, 11) is 0. The van der Waals surface area contributed by atoms with Gasteiger partial charge in [-0.3, -0.25) is 4.79 Å². The minimum absolute atomic E-state index is 0.146. The van der Waals surface area contributed by atoms with Crippen LogP contribution >= 0.6 is 11.3 Å². The molecule has 2 aromatic rings. The normalized spacial score (nSPS) is 11.9. The zero-order valence-corrected chi connectivity index (χ0v) is 12.1. The van der Waals surface area contributed by atoms with Gasteiger partial charge >= 0.3 is 0 Å². The van der Waals surface area contributed by atoms with E-state index in [1.165, 1.54) is 23.5 Å². The molecule has 1 atom stereocenters. The fraction of sp³-hybridized carbons (Fsp3) is 0.267. The van der Waals surface area contributed by atoms with E-state index >= 15 is 0 Å². The molecule has 1 aromatic heterocycles. The summed E-state index contributed by atoms with van der Waals surface area (Å²) in [6.45, 7) is 0.319. The van der Waals surface area contributed by atoms with Crippen LogP contribution in [0.5, 0.6) is 5.75 Å². The number of aliphatic hydroxyl groups is 1. The molecule has 0 aliphatic carbocycles. The Morgan fingerprint density at radius 1 is 1.43 bits per heavy atom. The van der Waals surface area contributed by atoms with Crippen molar-refractivity contribution in [2.45, 2.75) is 12.5 Å². The average Bonchev–Trinajstić information content (AvgIpc) is 2.99. The van der Waals surface area contributed by atoms with Crippen molar-refractivity contribution >= 4 is 17.2 Å². The molecule has 1 amide bonds. The molecular weight excluding hydrogens is 293 g/mol. The Morgan fingerprint density at radius 3 is 3.00 bits per heavy atom. The monoisotopic (exact) mass is 309 g/mol. The maximum Gasteiger partial charge on any atom is 0.223 e. The van der Waals surface area contributed by atoms with Crippen LogP contribution in [-0.2, 0) is 4.79 Å². The number of aliphatic hydroxyl groups excluding tert-OH is 1. The van der Waals surface area contributed by atoms with Crippen molar-refractivity contribution in [1.29, 1.82) is 0 Å². The SMILES string of the molecule is O=C(CCOc1cccc(F)c1)NCC(O)c1ccsc1. The van der Waals surface area contributed by atoms with Crippen molar-refractivity contribution in [1.82, 2.24) is 5.32 Å². The summed E-state index contributed by atoms with van der Waals surface area (Å²) in [5.41, 5.74) is 0.788. The van der Waals surface area contributed by atoms with Gasteiger partial charge in [0, 0.05) is 12.6 Å². The highest BCUT2D eigenvalue weighted by Crippen LogP contribution is 2.15. The van der Waals surface area contributed by atoms with Crippen LogP contribution in [0.25, 0.3) is 0 Å². The largest absolute Gasteiger partial charge is 0.493 e. The second-order valence-electron chi connectivity index (χ2n) is 4.43. The smallest absolute Gasteiger partial charge is 0.223 e. The molecule has 1 unspecified atom stereocenters. The number of amides is 1. The standard InChI is InChI=1S/C15H16FNO3S/c16-12-2-1-3-13(8-12)20-6-4-15(19)17-9-14(18)11-5-7-21-10-11/h1-3,5,7-8,10,14,18H,4,6,9H2,(H,17,19). The molecule has 0 radical (unpaired) electrons. The summed E-state index contributed by atoms with van der Waals surface area (Å²) in [5.74, 6) is -0.211. The van der Waals surface area contributed by atoms with Gasteiger partial charge in [0.1, 0.15) is 11.6 Å². The molecule has 4 nitrogen and oxygen atoms in total. The fourth-order valence-electron chi connectivity index (χ4n) is 1.70. The third-order valence-corrected chi connectivity index (χ3v) is 3.52. The van der Waals surface area contributed by atoms with Crippen molar-refractivity contribution in [2.75, 3.05) is 13.2 Å². The van der Waals surface area contributed by atoms with Gasteiger partial charge in [-0.2, -0.15) is 11.3 Å². The van der Waals surface area contributed by atoms with E-state index in [1.807, 2.05) is 16.8 Å². The van der Waals surface area contributed by atoms with Gasteiger partial charge in [0.05, 0.1) is 19.1 Å². The lowest BCUT2D eigenvalue weighted by Gasteiger charge is -2.11. The van der Waals surface area contributed by atoms with E-state index in [4.69, 9.17) is 4.74 Å². The Balaban J connectivity index is 1.66. The van der Waals surface area contributed by atoms with Crippen molar-refractivity contribution < 1.29 is 19.0 Å². The minimum Gasteiger partial charge on any atom is -0.493 e. The summed E-state index contributed by atoms with van der Waals surface area (Å²) < 4.78 is 18.2. The van der Waals surface area contributed by atoms with E-state index in [1.54, 1.807) is 12.1 Å². The van der Waals surface area contributed by atoms with Crippen molar-refractivity contribution in [3.8, 4) is 5.75 Å². The highest BCUT2D eigenvalue weighted by atomic mass is 32.1. The number of nitrogens with one attached hydrogen (secondary N) is 1. The third-order valence-electron chi connectivity index (χ3n) is 2.81. The second kappa shape index (κ2) is 7.75. The van der Waals surface area contributed by atoms with Gasteiger partial charge in [0.25, 0.3) is 0 Å². The Bertz CT molecular complexity index is 574. The number of ether oxygens (including phenoxy) is 1. The first kappa shape index (κ1) is 15.5. The van der Waals surface area contributed by atoms with E-state index in [-0.39, 0.29) is 31.3 Å². The van der Waals surface area contributed by atoms with Crippen LogP contribution in [0.15, 0.2) is 41.1 Å². The quantitative estimate of drug-likeness (QED) is 0.826. The van der Waals surface area contributed by atoms with Crippen molar-refractivity contribution in [3.63, 3.8) is 0 Å². The number of halogens is 1. The fourth-order valence-corrected chi connectivity index (χ4v) is 2.41. The summed E-state index contributed by atoms with van der Waals surface area (Å²) >= 11 is 1.49. The lowest BCUT2D eigenvalue weighted by Crippen LogP contribution is -2.29. The van der Waals surface area contributed by atoms with Crippen molar-refractivity contribution in [2.24, 2.45) is 0 Å². The molecule has 1 aromatic carbocycles. The predicted octanol–water partition coefficient (Wildman–Crippen LogP) is 2.51. The Kier molecular flexibility index (Phi) is 5.71. The topological polar surface area (TPSA) is 58.6 Å². The molecule has 2 N–H and O–H groups in total. The van der Waals surface area contributed by atoms with E-state index in [2.05, 4.69) is 5.32 Å². The van der Waals surface area contributed by atoms with Crippen molar-refractivity contribution in [3.05, 3.63) is 52.5 Å². The van der Waals surface area contributed by atoms with E-state index in [0.717, 1.165) is 5.56 Å². The second-order valence-corrected chi connectivity index (χ2v) is 5.21. The van der Waals surface area contributed by atoms with Gasteiger partial charge < -0.3 is 15.2 Å². The Labute approximate surface area is 126 Å². The van der Waals surface area contributed by atoms with E-state index in [9.17, 15) is 14.3 Å². The molecule has 6 heteroatoms. The number of benzene rings is 1. The van der Waals surface area contributed by atoms with Gasteiger partial charge in [-0.1, -0.05) is 6.07 Å². The van der Waals surface area contributed by atoms with Crippen LogP contribution in [0.3, 0.4) is 0 Å². The number of thiophene rings is 1. The molecule has 0 saturated carbocycles. The number of carbonyl (C=O) groups is 1. The molecule has 112 valence electrons. The first-order valence-corrected chi connectivity index (χ1v) is 7.44. The van der Waals surface area contributed by atoms with Gasteiger partial charge in [0.2, 0.25) is 5.91 Å². The van der Waals surface area contributed by atoms with Gasteiger partial charge in [0.15, 0.2) is 0 Å². The first-order valence-electron chi connectivity index (χ1n) is 6.50. The summed E-state index contributed by atoms with van der Waals surface area (Å²) in [4.78, 5) is 11.6. The lowest BCUT2D eigenvalue weighted by atomic mass is 10.2. The first-order chi connectivity index (χ1) is 10.1. The highest BCUT2D eigenvalue weighted by molar-refractivity contribution is 7.07. The minimum atomic E-state index is -0.704. The average molecular weight is 309 g/mol. The van der Waals surface area contributed by atoms with Crippen LogP contribution < -0.4 is 10.1 Å². The van der Waals surface area contributed by atoms with Gasteiger partial charge in [-0.15, -0.1) is 0 Å². The molecule has 0 spiro atoms. The highest BCUT2D eigenvalue weighted by Gasteiger charge is 2.09. The number of carbonyl (C=O) groups excluding carboxylic acids is 1. The number of hydrogen-bond acceptors (Lipinski definition) is 4. The predicted molar refractivity (Wildman–Crippen MR) is 78.8 cm³/mol. The number of rotatable bonds is 7. The van der Waals surface area contributed by atoms with Crippen LogP contribution in [-0.4, -0.2) is 24.2 Å². The molecular formula is C15H16FNO3S. The molecule has 0 bridgehead atoms. The van der Waals surface area contributed by atoms with E-state index in [0.29, 0.717) is 5.75 Å². The molecule has 0 fully saturated rings. The summed E-state index contributed by atoms with van der Waals surface area (Å²) in [6, 6.07) is 7.57. The summed E-state index contributed by atoms with van der Waals surface area (Å²) in [6.07, 6.45) is -0.559. The molecule has 2 rings (SSSR count). The molecule has 0 aliphatic rings. The van der Waals surface area contributed by atoms with Crippen LogP contribution in [0.4, 0.5) is 4.39 Å². The van der Waals surface area contributed by atoms with E-state index < -0.39 is 6.10 Å². The molecule has 0 saturated heterocycles. The molecule has 1 heterocycles. The lowest BCUT2D eigenvalue weighted by molar-refractivity contribution is -0.122. The van der Waals surface area contributed by atoms with Crippen LogP contribution in [0, 0.1) is 5.82 Å². The number of hydrogen-bond donors (Lipinski definition) is 2. The molecule has 0 aliphatic heterocycles. The Hall–Kier alpha value is -1.92. The zero-order chi connectivity index (χ0) is 15.1. The molecule has 21 heavy (non-hydrogen) atoms. The maximum atomic E-state index is 12.9. The zero-order valence-electron chi connectivity index (χ0n) is 11.3. The summed E-state index contributed by atoms with van der Waals surface area (Å²) in [5, 5.41) is 16.1.